The maximum atomic E-state index is 12.8. The highest BCUT2D eigenvalue weighted by Gasteiger charge is 2.27. The van der Waals surface area contributed by atoms with Gasteiger partial charge in [-0.2, -0.15) is 0 Å². The van der Waals surface area contributed by atoms with E-state index in [2.05, 4.69) is 30.4 Å². The predicted octanol–water partition coefficient (Wildman–Crippen LogP) is 2.54. The number of aryl methyl sites for hydroxylation is 1. The SMILES string of the molecule is Cc1cccc(C2CCCCCN2C(=O)CNC(=O)[C@@H](N)C(C)C)c1. The average molecular weight is 345 g/mol. The minimum Gasteiger partial charge on any atom is -0.346 e. The molecule has 0 aliphatic carbocycles. The summed E-state index contributed by atoms with van der Waals surface area (Å²) in [5.74, 6) is -0.240. The number of likely N-dealkylation sites (tertiary alicyclic amines) is 1. The first-order chi connectivity index (χ1) is 11.9. The van der Waals surface area contributed by atoms with Crippen molar-refractivity contribution in [1.29, 1.82) is 0 Å². The molecular formula is C20H31N3O2. The van der Waals surface area contributed by atoms with Gasteiger partial charge < -0.3 is 16.0 Å². The maximum absolute atomic E-state index is 12.8. The first kappa shape index (κ1) is 19.4. The zero-order chi connectivity index (χ0) is 18.4. The Hall–Kier alpha value is -1.88. The fourth-order valence-corrected chi connectivity index (χ4v) is 3.32. The molecule has 1 unspecified atom stereocenters. The standard InChI is InChI=1S/C20H31N3O2/c1-14(2)19(21)20(25)22-13-18(24)23-11-6-4-5-10-17(23)16-9-7-8-15(3)12-16/h7-9,12,14,17,19H,4-6,10-11,13,21H2,1-3H3,(H,22,25)/t17?,19-/m0/s1. The first-order valence-corrected chi connectivity index (χ1v) is 9.29. The molecule has 2 amide bonds. The van der Waals surface area contributed by atoms with E-state index in [1.807, 2.05) is 24.8 Å². The number of nitrogens with zero attached hydrogens (tertiary/aromatic N) is 1. The van der Waals surface area contributed by atoms with E-state index in [1.54, 1.807) is 0 Å². The lowest BCUT2D eigenvalue weighted by Gasteiger charge is -2.31. The van der Waals surface area contributed by atoms with Crippen molar-refractivity contribution in [3.8, 4) is 0 Å². The summed E-state index contributed by atoms with van der Waals surface area (Å²) in [6.07, 6.45) is 4.23. The van der Waals surface area contributed by atoms with E-state index in [0.717, 1.165) is 32.2 Å². The van der Waals surface area contributed by atoms with Gasteiger partial charge in [-0.3, -0.25) is 9.59 Å². The second-order valence-corrected chi connectivity index (χ2v) is 7.35. The molecule has 1 heterocycles. The summed E-state index contributed by atoms with van der Waals surface area (Å²) in [4.78, 5) is 26.7. The van der Waals surface area contributed by atoms with Gasteiger partial charge in [0, 0.05) is 6.54 Å². The highest BCUT2D eigenvalue weighted by Crippen LogP contribution is 2.30. The zero-order valence-corrected chi connectivity index (χ0v) is 15.6. The Kier molecular flexibility index (Phi) is 7.00. The van der Waals surface area contributed by atoms with Crippen LogP contribution in [0.2, 0.25) is 0 Å². The summed E-state index contributed by atoms with van der Waals surface area (Å²) >= 11 is 0. The highest BCUT2D eigenvalue weighted by molar-refractivity contribution is 5.87. The van der Waals surface area contributed by atoms with Crippen molar-refractivity contribution in [2.24, 2.45) is 11.7 Å². The molecule has 0 aromatic heterocycles. The Bertz CT molecular complexity index is 600. The normalized spacial score (nSPS) is 19.4. The molecule has 2 rings (SSSR count). The number of carbonyl (C=O) groups excluding carboxylic acids is 2. The van der Waals surface area contributed by atoms with Gasteiger partial charge in [-0.1, -0.05) is 56.5 Å². The van der Waals surface area contributed by atoms with Crippen LogP contribution in [0.3, 0.4) is 0 Å². The summed E-state index contributed by atoms with van der Waals surface area (Å²) in [7, 11) is 0. The van der Waals surface area contributed by atoms with Crippen LogP contribution >= 0.6 is 0 Å². The molecular weight excluding hydrogens is 314 g/mol. The monoisotopic (exact) mass is 345 g/mol. The number of hydrogen-bond acceptors (Lipinski definition) is 3. The van der Waals surface area contributed by atoms with Crippen molar-refractivity contribution in [3.63, 3.8) is 0 Å². The number of hydrogen-bond donors (Lipinski definition) is 2. The van der Waals surface area contributed by atoms with Gasteiger partial charge in [0.2, 0.25) is 11.8 Å². The molecule has 1 aliphatic rings. The van der Waals surface area contributed by atoms with E-state index in [-0.39, 0.29) is 30.3 Å². The van der Waals surface area contributed by atoms with Gasteiger partial charge in [0.25, 0.3) is 0 Å². The van der Waals surface area contributed by atoms with Gasteiger partial charge in [0.15, 0.2) is 0 Å². The molecule has 5 nitrogen and oxygen atoms in total. The summed E-state index contributed by atoms with van der Waals surface area (Å²) < 4.78 is 0. The number of rotatable bonds is 5. The first-order valence-electron chi connectivity index (χ1n) is 9.29. The lowest BCUT2D eigenvalue weighted by atomic mass is 9.99. The molecule has 2 atom stereocenters. The van der Waals surface area contributed by atoms with E-state index in [4.69, 9.17) is 5.73 Å². The third-order valence-electron chi connectivity index (χ3n) is 4.93. The van der Waals surface area contributed by atoms with Crippen molar-refractivity contribution in [1.82, 2.24) is 10.2 Å². The summed E-state index contributed by atoms with van der Waals surface area (Å²) in [5, 5.41) is 2.71. The van der Waals surface area contributed by atoms with E-state index < -0.39 is 6.04 Å². The number of amides is 2. The molecule has 0 radical (unpaired) electrons. The molecule has 0 spiro atoms. The molecule has 25 heavy (non-hydrogen) atoms. The molecule has 1 saturated heterocycles. The third kappa shape index (κ3) is 5.30. The predicted molar refractivity (Wildman–Crippen MR) is 99.9 cm³/mol. The summed E-state index contributed by atoms with van der Waals surface area (Å²) in [5.41, 5.74) is 8.23. The van der Waals surface area contributed by atoms with Crippen LogP contribution in [0.1, 0.15) is 56.7 Å². The molecule has 0 bridgehead atoms. The molecule has 1 fully saturated rings. The molecule has 5 heteroatoms. The molecule has 1 aromatic rings. The topological polar surface area (TPSA) is 75.4 Å². The number of nitrogens with one attached hydrogen (secondary N) is 1. The summed E-state index contributed by atoms with van der Waals surface area (Å²) in [6.45, 7) is 6.62. The highest BCUT2D eigenvalue weighted by atomic mass is 16.2. The minimum atomic E-state index is -0.579. The number of nitrogens with two attached hydrogens (primary N) is 1. The van der Waals surface area contributed by atoms with Gasteiger partial charge in [-0.25, -0.2) is 0 Å². The van der Waals surface area contributed by atoms with Gasteiger partial charge in [0.05, 0.1) is 18.6 Å². The Morgan fingerprint density at radius 2 is 2.04 bits per heavy atom. The van der Waals surface area contributed by atoms with Crippen LogP contribution in [0, 0.1) is 12.8 Å². The van der Waals surface area contributed by atoms with Crippen LogP contribution in [0.4, 0.5) is 0 Å². The second-order valence-electron chi connectivity index (χ2n) is 7.35. The van der Waals surface area contributed by atoms with Crippen LogP contribution in [-0.4, -0.2) is 35.8 Å². The number of carbonyl (C=O) groups is 2. The third-order valence-corrected chi connectivity index (χ3v) is 4.93. The Balaban J connectivity index is 2.07. The van der Waals surface area contributed by atoms with Crippen LogP contribution < -0.4 is 11.1 Å². The fraction of sp³-hybridized carbons (Fsp3) is 0.600. The van der Waals surface area contributed by atoms with Crippen molar-refractivity contribution >= 4 is 11.8 Å². The second kappa shape index (κ2) is 8.99. The average Bonchev–Trinajstić information content (AvgIpc) is 2.84. The van der Waals surface area contributed by atoms with Crippen LogP contribution in [0.15, 0.2) is 24.3 Å². The molecule has 3 N–H and O–H groups in total. The smallest absolute Gasteiger partial charge is 0.242 e. The van der Waals surface area contributed by atoms with Gasteiger partial charge in [-0.05, 0) is 31.2 Å². The summed E-state index contributed by atoms with van der Waals surface area (Å²) in [6, 6.07) is 7.87. The van der Waals surface area contributed by atoms with E-state index in [1.165, 1.54) is 11.1 Å². The molecule has 1 aromatic carbocycles. The van der Waals surface area contributed by atoms with Crippen molar-refractivity contribution in [2.45, 2.75) is 58.5 Å². The number of benzene rings is 1. The van der Waals surface area contributed by atoms with Crippen molar-refractivity contribution < 1.29 is 9.59 Å². The molecule has 0 saturated carbocycles. The minimum absolute atomic E-state index is 0.0154. The van der Waals surface area contributed by atoms with Crippen LogP contribution in [-0.2, 0) is 9.59 Å². The quantitative estimate of drug-likeness (QED) is 0.861. The van der Waals surface area contributed by atoms with Crippen LogP contribution in [0.25, 0.3) is 0 Å². The van der Waals surface area contributed by atoms with Crippen LogP contribution in [0.5, 0.6) is 0 Å². The van der Waals surface area contributed by atoms with E-state index in [9.17, 15) is 9.59 Å². The van der Waals surface area contributed by atoms with Gasteiger partial charge in [-0.15, -0.1) is 0 Å². The maximum Gasteiger partial charge on any atom is 0.242 e. The van der Waals surface area contributed by atoms with Gasteiger partial charge in [0.1, 0.15) is 0 Å². The Labute approximate surface area is 151 Å². The van der Waals surface area contributed by atoms with Crippen molar-refractivity contribution in [3.05, 3.63) is 35.4 Å². The molecule has 1 aliphatic heterocycles. The van der Waals surface area contributed by atoms with Gasteiger partial charge >= 0.3 is 0 Å². The fourth-order valence-electron chi connectivity index (χ4n) is 3.32. The lowest BCUT2D eigenvalue weighted by molar-refractivity contribution is -0.135. The van der Waals surface area contributed by atoms with E-state index >= 15 is 0 Å². The largest absolute Gasteiger partial charge is 0.346 e. The van der Waals surface area contributed by atoms with Crippen molar-refractivity contribution in [2.75, 3.05) is 13.1 Å². The molecule has 138 valence electrons. The zero-order valence-electron chi connectivity index (χ0n) is 15.6. The van der Waals surface area contributed by atoms with E-state index in [0.29, 0.717) is 0 Å². The lowest BCUT2D eigenvalue weighted by Crippen LogP contribution is -2.48. The Morgan fingerprint density at radius 3 is 2.72 bits per heavy atom. The Morgan fingerprint density at radius 1 is 1.28 bits per heavy atom.